The third kappa shape index (κ3) is 5.89. The minimum atomic E-state index is -4.49. The Morgan fingerprint density at radius 1 is 1.03 bits per heavy atom. The second-order valence-electron chi connectivity index (χ2n) is 7.88. The number of nitrogens with one attached hydrogen (secondary N) is 1. The summed E-state index contributed by atoms with van der Waals surface area (Å²) in [6, 6.07) is 18.6. The number of anilines is 1. The molecular formula is C25H20BrF3N4O2. The lowest BCUT2D eigenvalue weighted by atomic mass is 10.1. The average Bonchev–Trinajstić information content (AvgIpc) is 3.22. The van der Waals surface area contributed by atoms with Crippen molar-refractivity contribution in [2.24, 2.45) is 0 Å². The molecule has 6 nitrogen and oxygen atoms in total. The van der Waals surface area contributed by atoms with Gasteiger partial charge in [-0.05, 0) is 74.5 Å². The van der Waals surface area contributed by atoms with Crippen LogP contribution in [0.15, 0.2) is 77.3 Å². The van der Waals surface area contributed by atoms with Crippen LogP contribution in [-0.4, -0.2) is 26.8 Å². The van der Waals surface area contributed by atoms with Gasteiger partial charge in [0.05, 0.1) is 17.4 Å². The maximum Gasteiger partial charge on any atom is 0.416 e. The topological polar surface area (TPSA) is 69.0 Å². The molecule has 0 atom stereocenters. The van der Waals surface area contributed by atoms with Crippen LogP contribution in [0.4, 0.5) is 18.9 Å². The highest BCUT2D eigenvalue weighted by Gasteiger charge is 2.31. The highest BCUT2D eigenvalue weighted by atomic mass is 79.9. The molecule has 0 aliphatic rings. The van der Waals surface area contributed by atoms with Gasteiger partial charge >= 0.3 is 12.2 Å². The zero-order valence-corrected chi connectivity index (χ0v) is 20.3. The molecule has 10 heteroatoms. The molecule has 0 saturated carbocycles. The predicted molar refractivity (Wildman–Crippen MR) is 130 cm³/mol. The smallest absolute Gasteiger partial charge is 0.416 e. The maximum atomic E-state index is 13.3. The van der Waals surface area contributed by atoms with Crippen molar-refractivity contribution >= 4 is 27.5 Å². The number of hydrogen-bond acceptors (Lipinski definition) is 4. The zero-order valence-electron chi connectivity index (χ0n) is 18.7. The Kier molecular flexibility index (Phi) is 6.93. The van der Waals surface area contributed by atoms with Crippen molar-refractivity contribution in [3.05, 3.63) is 88.4 Å². The van der Waals surface area contributed by atoms with Crippen molar-refractivity contribution in [3.8, 4) is 23.1 Å². The van der Waals surface area contributed by atoms with Gasteiger partial charge < -0.3 is 10.1 Å². The molecule has 0 saturated heterocycles. The number of aromatic nitrogens is 3. The molecule has 1 aromatic heterocycles. The monoisotopic (exact) mass is 544 g/mol. The first kappa shape index (κ1) is 24.5. The van der Waals surface area contributed by atoms with E-state index in [1.807, 2.05) is 0 Å². The summed E-state index contributed by atoms with van der Waals surface area (Å²) in [4.78, 5) is 16.8. The molecule has 0 aliphatic carbocycles. The second-order valence-corrected chi connectivity index (χ2v) is 8.80. The van der Waals surface area contributed by atoms with Crippen molar-refractivity contribution in [1.82, 2.24) is 14.8 Å². The summed E-state index contributed by atoms with van der Waals surface area (Å²) in [5, 5.41) is 7.15. The fourth-order valence-electron chi connectivity index (χ4n) is 3.25. The van der Waals surface area contributed by atoms with E-state index in [9.17, 15) is 18.0 Å². The van der Waals surface area contributed by atoms with Gasteiger partial charge in [-0.15, -0.1) is 5.10 Å². The lowest BCUT2D eigenvalue weighted by molar-refractivity contribution is -0.137. The average molecular weight is 545 g/mol. The van der Waals surface area contributed by atoms with Crippen LogP contribution in [0.3, 0.4) is 0 Å². The molecule has 1 amide bonds. The second kappa shape index (κ2) is 9.91. The molecule has 0 aliphatic heterocycles. The summed E-state index contributed by atoms with van der Waals surface area (Å²) < 4.78 is 47.7. The number of amides is 1. The van der Waals surface area contributed by atoms with E-state index in [1.165, 1.54) is 16.8 Å². The minimum absolute atomic E-state index is 0.0417. The number of halogens is 4. The number of benzene rings is 3. The molecule has 180 valence electrons. The molecular weight excluding hydrogens is 525 g/mol. The number of carbonyl (C=O) groups is 1. The SMILES string of the molecule is CC(C)Oc1nc(-c2cccc(C(F)(F)F)c2)n(-c2ccc(NC(=O)c3ccc(Br)cc3)cc2)n1. The normalized spacial score (nSPS) is 11.5. The Labute approximate surface area is 207 Å². The molecule has 0 fully saturated rings. The van der Waals surface area contributed by atoms with Gasteiger partial charge in [0.1, 0.15) is 0 Å². The fourth-order valence-corrected chi connectivity index (χ4v) is 3.51. The number of ether oxygens (including phenoxy) is 1. The number of carbonyl (C=O) groups excluding carboxylic acids is 1. The first-order valence-electron chi connectivity index (χ1n) is 10.6. The van der Waals surface area contributed by atoms with Gasteiger partial charge in [-0.25, -0.2) is 4.68 Å². The van der Waals surface area contributed by atoms with Crippen LogP contribution in [-0.2, 0) is 6.18 Å². The molecule has 35 heavy (non-hydrogen) atoms. The van der Waals surface area contributed by atoms with E-state index in [2.05, 4.69) is 31.3 Å². The molecule has 4 aromatic rings. The summed E-state index contributed by atoms with van der Waals surface area (Å²) in [6.07, 6.45) is -4.72. The molecule has 3 aromatic carbocycles. The fraction of sp³-hybridized carbons (Fsp3) is 0.160. The van der Waals surface area contributed by atoms with Gasteiger partial charge in [0.25, 0.3) is 5.91 Å². The van der Waals surface area contributed by atoms with E-state index in [0.717, 1.165) is 16.6 Å². The standard InChI is InChI=1S/C25H20BrF3N4O2/c1-15(2)35-24-31-22(17-4-3-5-18(14-17)25(27,28)29)33(32-24)21-12-10-20(11-13-21)30-23(34)16-6-8-19(26)9-7-16/h3-15H,1-2H3,(H,30,34). The van der Waals surface area contributed by atoms with Gasteiger partial charge in [-0.3, -0.25) is 4.79 Å². The first-order valence-corrected chi connectivity index (χ1v) is 11.4. The van der Waals surface area contributed by atoms with Crippen LogP contribution in [0.1, 0.15) is 29.8 Å². The highest BCUT2D eigenvalue weighted by molar-refractivity contribution is 9.10. The molecule has 1 N–H and O–H groups in total. The van der Waals surface area contributed by atoms with Crippen LogP contribution >= 0.6 is 15.9 Å². The molecule has 0 spiro atoms. The van der Waals surface area contributed by atoms with Crippen LogP contribution in [0, 0.1) is 0 Å². The summed E-state index contributed by atoms with van der Waals surface area (Å²) >= 11 is 3.33. The van der Waals surface area contributed by atoms with Crippen molar-refractivity contribution in [2.75, 3.05) is 5.32 Å². The molecule has 0 unspecified atom stereocenters. The lowest BCUT2D eigenvalue weighted by Crippen LogP contribution is -2.11. The third-order valence-electron chi connectivity index (χ3n) is 4.85. The van der Waals surface area contributed by atoms with E-state index < -0.39 is 11.7 Å². The van der Waals surface area contributed by atoms with Gasteiger partial charge in [-0.1, -0.05) is 28.1 Å². The van der Waals surface area contributed by atoms with Gasteiger partial charge in [-0.2, -0.15) is 18.2 Å². The van der Waals surface area contributed by atoms with Gasteiger partial charge in [0.15, 0.2) is 5.82 Å². The van der Waals surface area contributed by atoms with Crippen LogP contribution in [0.5, 0.6) is 6.01 Å². The Hall–Kier alpha value is -3.66. The Bertz CT molecular complexity index is 1330. The van der Waals surface area contributed by atoms with E-state index in [1.54, 1.807) is 62.4 Å². The largest absolute Gasteiger partial charge is 0.460 e. The van der Waals surface area contributed by atoms with Crippen molar-refractivity contribution in [2.45, 2.75) is 26.1 Å². The number of alkyl halides is 3. The molecule has 4 rings (SSSR count). The quantitative estimate of drug-likeness (QED) is 0.291. The highest BCUT2D eigenvalue weighted by Crippen LogP contribution is 2.33. The van der Waals surface area contributed by atoms with Crippen LogP contribution in [0.25, 0.3) is 17.1 Å². The molecule has 1 heterocycles. The Morgan fingerprint density at radius 3 is 2.34 bits per heavy atom. The lowest BCUT2D eigenvalue weighted by Gasteiger charge is -2.10. The maximum absolute atomic E-state index is 13.3. The summed E-state index contributed by atoms with van der Waals surface area (Å²) in [5.41, 5.74) is 1.02. The van der Waals surface area contributed by atoms with Crippen LogP contribution < -0.4 is 10.1 Å². The van der Waals surface area contributed by atoms with Gasteiger partial charge in [0.2, 0.25) is 0 Å². The van der Waals surface area contributed by atoms with E-state index in [-0.39, 0.29) is 29.4 Å². The third-order valence-corrected chi connectivity index (χ3v) is 5.38. The van der Waals surface area contributed by atoms with E-state index in [4.69, 9.17) is 4.74 Å². The summed E-state index contributed by atoms with van der Waals surface area (Å²) in [7, 11) is 0. The number of nitrogens with zero attached hydrogens (tertiary/aromatic N) is 3. The summed E-state index contributed by atoms with van der Waals surface area (Å²) in [6.45, 7) is 3.60. The van der Waals surface area contributed by atoms with E-state index in [0.29, 0.717) is 16.9 Å². The number of hydrogen-bond donors (Lipinski definition) is 1. The van der Waals surface area contributed by atoms with Gasteiger partial charge in [0, 0.05) is 21.3 Å². The number of rotatable bonds is 6. The van der Waals surface area contributed by atoms with Crippen molar-refractivity contribution in [3.63, 3.8) is 0 Å². The summed E-state index contributed by atoms with van der Waals surface area (Å²) in [5.74, 6) is -0.0818. The van der Waals surface area contributed by atoms with Crippen molar-refractivity contribution < 1.29 is 22.7 Å². The Balaban J connectivity index is 1.65. The molecule has 0 bridgehead atoms. The zero-order chi connectivity index (χ0) is 25.2. The Morgan fingerprint density at radius 2 is 1.71 bits per heavy atom. The van der Waals surface area contributed by atoms with Crippen LogP contribution in [0.2, 0.25) is 0 Å². The first-order chi connectivity index (χ1) is 16.6. The molecule has 0 radical (unpaired) electrons. The predicted octanol–water partition coefficient (Wildman–Crippen LogP) is 6.76. The van der Waals surface area contributed by atoms with E-state index >= 15 is 0 Å². The van der Waals surface area contributed by atoms with Crippen molar-refractivity contribution in [1.29, 1.82) is 0 Å². The minimum Gasteiger partial charge on any atom is -0.460 e.